The van der Waals surface area contributed by atoms with E-state index >= 15 is 0 Å². The van der Waals surface area contributed by atoms with Crippen molar-refractivity contribution in [3.8, 4) is 5.69 Å². The van der Waals surface area contributed by atoms with Crippen molar-refractivity contribution < 1.29 is 45.4 Å². The molecule has 210 valence electrons. The van der Waals surface area contributed by atoms with Gasteiger partial charge in [-0.1, -0.05) is 12.1 Å². The number of nitrogens with zero attached hydrogens (tertiary/aromatic N) is 3. The number of nitrogen functional groups attached to an aromatic ring is 1. The van der Waals surface area contributed by atoms with E-state index in [4.69, 9.17) is 5.73 Å². The minimum Gasteiger partial charge on any atom is -0.383 e. The molecule has 0 aliphatic heterocycles. The zero-order valence-electron chi connectivity index (χ0n) is 20.1. The van der Waals surface area contributed by atoms with Crippen LogP contribution in [0.5, 0.6) is 0 Å². The Morgan fingerprint density at radius 3 is 2.21 bits per heavy atom. The van der Waals surface area contributed by atoms with E-state index in [2.05, 4.69) is 5.10 Å². The first-order valence-corrected chi connectivity index (χ1v) is 11.2. The number of aromatic nitrogens is 2. The van der Waals surface area contributed by atoms with Crippen molar-refractivity contribution in [1.82, 2.24) is 20.0 Å². The van der Waals surface area contributed by atoms with Crippen molar-refractivity contribution in [2.45, 2.75) is 24.9 Å². The first kappa shape index (κ1) is 29.4. The molecule has 0 spiro atoms. The van der Waals surface area contributed by atoms with Crippen LogP contribution in [0.1, 0.15) is 33.2 Å². The van der Waals surface area contributed by atoms with Crippen LogP contribution in [-0.2, 0) is 6.18 Å². The summed E-state index contributed by atoms with van der Waals surface area (Å²) >= 11 is 0. The fraction of sp³-hybridized carbons (Fsp3) is 0.292. The third kappa shape index (κ3) is 6.30. The zero-order valence-corrected chi connectivity index (χ0v) is 20.1. The summed E-state index contributed by atoms with van der Waals surface area (Å²) in [6, 6.07) is 8.30. The van der Waals surface area contributed by atoms with E-state index in [9.17, 15) is 45.4 Å². The highest BCUT2D eigenvalue weighted by atomic mass is 19.4. The normalized spacial score (nSPS) is 13.6. The third-order valence-corrected chi connectivity index (χ3v) is 5.78. The molecule has 1 aromatic heterocycles. The second-order valence-electron chi connectivity index (χ2n) is 8.41. The summed E-state index contributed by atoms with van der Waals surface area (Å²) in [5, 5.41) is 16.2. The molecule has 2 amide bonds. The molecule has 39 heavy (non-hydrogen) atoms. The van der Waals surface area contributed by atoms with Gasteiger partial charge in [-0.05, 0) is 43.3 Å². The van der Waals surface area contributed by atoms with Crippen molar-refractivity contribution in [3.05, 3.63) is 77.2 Å². The van der Waals surface area contributed by atoms with Crippen molar-refractivity contribution >= 4 is 17.6 Å². The summed E-state index contributed by atoms with van der Waals surface area (Å²) in [6.45, 7) is -2.23. The predicted octanol–water partition coefficient (Wildman–Crippen LogP) is 3.80. The molecule has 1 atom stereocenters. The van der Waals surface area contributed by atoms with E-state index in [1.165, 1.54) is 19.1 Å². The van der Waals surface area contributed by atoms with Crippen LogP contribution in [0.4, 0.5) is 36.6 Å². The van der Waals surface area contributed by atoms with Gasteiger partial charge in [-0.15, -0.1) is 0 Å². The number of carbonyl (C=O) groups excluding carboxylic acids is 2. The summed E-state index contributed by atoms with van der Waals surface area (Å²) in [4.78, 5) is 25.8. The highest BCUT2D eigenvalue weighted by Crippen LogP contribution is 2.34. The smallest absolute Gasteiger partial charge is 0.383 e. The van der Waals surface area contributed by atoms with Crippen LogP contribution in [-0.4, -0.2) is 63.0 Å². The maximum atomic E-state index is 13.9. The number of nitrogens with two attached hydrogens (primary N) is 1. The number of likely N-dealkylation sites (N-methyl/N-ethyl adjacent to an activating group) is 1. The topological polar surface area (TPSA) is 113 Å². The van der Waals surface area contributed by atoms with Gasteiger partial charge in [-0.25, -0.2) is 9.07 Å². The lowest BCUT2D eigenvalue weighted by Gasteiger charge is -2.35. The van der Waals surface area contributed by atoms with Crippen LogP contribution in [0.2, 0.25) is 0 Å². The van der Waals surface area contributed by atoms with E-state index < -0.39 is 66.3 Å². The molecule has 15 heteroatoms. The molecule has 0 aliphatic rings. The van der Waals surface area contributed by atoms with E-state index in [-0.39, 0.29) is 17.1 Å². The number of halogens is 7. The highest BCUT2D eigenvalue weighted by Gasteiger charge is 2.55. The van der Waals surface area contributed by atoms with Gasteiger partial charge in [-0.2, -0.15) is 31.4 Å². The Morgan fingerprint density at radius 2 is 1.64 bits per heavy atom. The number of rotatable bonds is 8. The van der Waals surface area contributed by atoms with E-state index in [0.717, 1.165) is 41.2 Å². The lowest BCUT2D eigenvalue weighted by molar-refractivity contribution is -0.260. The number of hydrogen-bond donors (Lipinski definition) is 3. The lowest BCUT2D eigenvalue weighted by Crippen LogP contribution is -2.60. The second kappa shape index (κ2) is 10.9. The average Bonchev–Trinajstić information content (AvgIpc) is 3.26. The van der Waals surface area contributed by atoms with Crippen LogP contribution in [0.15, 0.2) is 54.7 Å². The number of nitrogens with one attached hydrogen (secondary N) is 1. The number of benzene rings is 2. The number of amides is 2. The lowest BCUT2D eigenvalue weighted by atomic mass is 10.0. The first-order valence-electron chi connectivity index (χ1n) is 11.2. The van der Waals surface area contributed by atoms with Gasteiger partial charge < -0.3 is 21.1 Å². The van der Waals surface area contributed by atoms with Gasteiger partial charge in [-0.3, -0.25) is 9.59 Å². The molecule has 0 saturated carbocycles. The minimum absolute atomic E-state index is 0.246. The molecule has 4 N–H and O–H groups in total. The molecule has 0 aliphatic carbocycles. The Hall–Kier alpha value is -4.14. The number of anilines is 1. The van der Waals surface area contributed by atoms with Crippen LogP contribution in [0.3, 0.4) is 0 Å². The maximum absolute atomic E-state index is 13.9. The van der Waals surface area contributed by atoms with Gasteiger partial charge in [0, 0.05) is 6.54 Å². The van der Waals surface area contributed by atoms with Crippen LogP contribution >= 0.6 is 0 Å². The van der Waals surface area contributed by atoms with Crippen LogP contribution in [0, 0.1) is 5.82 Å². The number of aliphatic hydroxyl groups is 1. The van der Waals surface area contributed by atoms with Gasteiger partial charge in [0.1, 0.15) is 17.2 Å². The maximum Gasteiger partial charge on any atom is 0.420 e. The van der Waals surface area contributed by atoms with Gasteiger partial charge in [0.15, 0.2) is 5.60 Å². The fourth-order valence-corrected chi connectivity index (χ4v) is 3.62. The van der Waals surface area contributed by atoms with Gasteiger partial charge in [0.2, 0.25) is 0 Å². The van der Waals surface area contributed by atoms with Crippen molar-refractivity contribution in [2.75, 3.05) is 25.4 Å². The zero-order chi connectivity index (χ0) is 29.2. The summed E-state index contributed by atoms with van der Waals surface area (Å²) < 4.78 is 96.1. The Labute approximate surface area is 216 Å². The van der Waals surface area contributed by atoms with Crippen molar-refractivity contribution in [2.24, 2.45) is 0 Å². The molecule has 1 unspecified atom stereocenters. The minimum atomic E-state index is -5.42. The summed E-state index contributed by atoms with van der Waals surface area (Å²) in [6.07, 6.45) is -9.43. The molecule has 2 aromatic carbocycles. The van der Waals surface area contributed by atoms with Gasteiger partial charge in [0.25, 0.3) is 11.8 Å². The molecule has 3 rings (SSSR count). The average molecular weight is 561 g/mol. The number of alkyl halides is 6. The molecule has 0 bridgehead atoms. The molecule has 1 heterocycles. The molecule has 0 radical (unpaired) electrons. The number of carbonyl (C=O) groups is 2. The van der Waals surface area contributed by atoms with E-state index in [0.29, 0.717) is 11.0 Å². The van der Waals surface area contributed by atoms with Crippen molar-refractivity contribution in [1.29, 1.82) is 0 Å². The molecular weight excluding hydrogens is 539 g/mol. The molecule has 3 aromatic rings. The van der Waals surface area contributed by atoms with Gasteiger partial charge in [0.05, 0.1) is 36.1 Å². The third-order valence-electron chi connectivity index (χ3n) is 5.78. The monoisotopic (exact) mass is 561 g/mol. The molecule has 0 fully saturated rings. The Bertz CT molecular complexity index is 1340. The van der Waals surface area contributed by atoms with Crippen LogP contribution in [0.25, 0.3) is 5.69 Å². The SMILES string of the molecule is CCN(CC(O)(CNC(=O)c1cnn(-c2ccc(F)cc2)c1N)C(F)(F)F)C(=O)c1ccccc1C(F)(F)F. The predicted molar refractivity (Wildman–Crippen MR) is 124 cm³/mol. The highest BCUT2D eigenvalue weighted by molar-refractivity contribution is 5.98. The Kier molecular flexibility index (Phi) is 8.24. The van der Waals surface area contributed by atoms with E-state index in [1.54, 1.807) is 0 Å². The first-order chi connectivity index (χ1) is 18.1. The number of hydrogen-bond acceptors (Lipinski definition) is 5. The fourth-order valence-electron chi connectivity index (χ4n) is 3.62. The van der Waals surface area contributed by atoms with Crippen molar-refractivity contribution in [3.63, 3.8) is 0 Å². The Balaban J connectivity index is 1.82. The summed E-state index contributed by atoms with van der Waals surface area (Å²) in [5.41, 5.74) is -0.255. The van der Waals surface area contributed by atoms with Gasteiger partial charge >= 0.3 is 12.4 Å². The van der Waals surface area contributed by atoms with Crippen LogP contribution < -0.4 is 11.1 Å². The largest absolute Gasteiger partial charge is 0.420 e. The Morgan fingerprint density at radius 1 is 1.03 bits per heavy atom. The molecular formula is C24H22F7N5O3. The molecule has 0 saturated heterocycles. The van der Waals surface area contributed by atoms with E-state index in [1.807, 2.05) is 5.32 Å². The quantitative estimate of drug-likeness (QED) is 0.362. The standard InChI is InChI=1S/C24H22F7N5O3/c1-2-35(21(38)16-5-3-4-6-18(16)23(26,27)28)13-22(39,24(29,30)31)12-33-20(37)17-11-34-36(19(17)32)15-9-7-14(25)8-10-15/h3-11,39H,2,12-13,32H2,1H3,(H,33,37). The molecule has 8 nitrogen and oxygen atoms in total. The summed E-state index contributed by atoms with van der Waals surface area (Å²) in [5.74, 6) is -3.43. The second-order valence-corrected chi connectivity index (χ2v) is 8.41. The summed E-state index contributed by atoms with van der Waals surface area (Å²) in [7, 11) is 0.